The molecule has 4 rings (SSSR count). The first-order valence-electron chi connectivity index (χ1n) is 9.56. The maximum atomic E-state index is 12.9. The number of carbonyl (C=O) groups excluding carboxylic acids is 2. The van der Waals surface area contributed by atoms with Crippen molar-refractivity contribution in [1.29, 1.82) is 0 Å². The quantitative estimate of drug-likeness (QED) is 0.828. The highest BCUT2D eigenvalue weighted by atomic mass is 16.5. The highest BCUT2D eigenvalue weighted by Crippen LogP contribution is 2.30. The van der Waals surface area contributed by atoms with Crippen LogP contribution in [0.4, 0.5) is 0 Å². The molecule has 0 radical (unpaired) electrons. The molecule has 2 aliphatic rings. The molecule has 2 amide bonds. The minimum Gasteiger partial charge on any atom is -0.455 e. The average Bonchev–Trinajstić information content (AvgIpc) is 3.10. The van der Waals surface area contributed by atoms with Crippen molar-refractivity contribution in [1.82, 2.24) is 10.3 Å². The molecule has 2 heterocycles. The molecule has 0 saturated carbocycles. The number of morpholine rings is 1. The second-order valence-electron chi connectivity index (χ2n) is 6.98. The Hall–Kier alpha value is -2.93. The third kappa shape index (κ3) is 3.57. The zero-order valence-corrected chi connectivity index (χ0v) is 15.9. The van der Waals surface area contributed by atoms with Crippen LogP contribution in [0.2, 0.25) is 0 Å². The van der Waals surface area contributed by atoms with Crippen molar-refractivity contribution in [2.24, 2.45) is 5.10 Å². The van der Waals surface area contributed by atoms with Crippen LogP contribution in [-0.4, -0.2) is 48.7 Å². The summed E-state index contributed by atoms with van der Waals surface area (Å²) in [5, 5.41) is 4.36. The molecule has 7 nitrogen and oxygen atoms in total. The number of amides is 2. The number of ether oxygens (including phenoxy) is 1. The van der Waals surface area contributed by atoms with Gasteiger partial charge in [0.1, 0.15) is 5.76 Å². The van der Waals surface area contributed by atoms with Crippen LogP contribution < -0.4 is 5.43 Å². The number of rotatable bonds is 3. The monoisotopic (exact) mass is 381 g/mol. The summed E-state index contributed by atoms with van der Waals surface area (Å²) in [4.78, 5) is 26.9. The lowest BCUT2D eigenvalue weighted by Crippen LogP contribution is -2.40. The first-order chi connectivity index (χ1) is 13.6. The number of fused-ring (bicyclic) bond motifs is 1. The normalized spacial score (nSPS) is 18.0. The van der Waals surface area contributed by atoms with Gasteiger partial charge in [-0.05, 0) is 31.9 Å². The number of benzene rings is 1. The second kappa shape index (κ2) is 7.98. The van der Waals surface area contributed by atoms with Crippen molar-refractivity contribution in [3.05, 3.63) is 58.5 Å². The molecule has 28 heavy (non-hydrogen) atoms. The Bertz CT molecular complexity index is 911. The van der Waals surface area contributed by atoms with E-state index in [1.807, 2.05) is 25.1 Å². The van der Waals surface area contributed by atoms with E-state index in [-0.39, 0.29) is 11.8 Å². The van der Waals surface area contributed by atoms with Crippen molar-refractivity contribution in [2.75, 3.05) is 26.3 Å². The molecule has 1 N–H and O–H groups in total. The predicted octanol–water partition coefficient (Wildman–Crippen LogP) is 2.53. The van der Waals surface area contributed by atoms with Gasteiger partial charge >= 0.3 is 0 Å². The topological polar surface area (TPSA) is 84.1 Å². The fraction of sp³-hybridized carbons (Fsp3) is 0.381. The van der Waals surface area contributed by atoms with Crippen LogP contribution in [0.15, 0.2) is 39.9 Å². The number of nitrogens with one attached hydrogen (secondary N) is 1. The lowest BCUT2D eigenvalue weighted by molar-refractivity contribution is 0.0281. The lowest BCUT2D eigenvalue weighted by atomic mass is 9.93. The van der Waals surface area contributed by atoms with Gasteiger partial charge in [0.05, 0.1) is 18.9 Å². The standard InChI is InChI=1S/C21H23N3O4/c1-14-18-16(22-23-20(25)15-6-3-2-4-7-15)8-5-9-17(18)28-19(14)21(26)24-10-12-27-13-11-24/h2-4,6-7H,5,8-13H2,1H3,(H,23,25)/b22-16+. The van der Waals surface area contributed by atoms with Crippen LogP contribution >= 0.6 is 0 Å². The van der Waals surface area contributed by atoms with Crippen LogP contribution in [0.5, 0.6) is 0 Å². The minimum absolute atomic E-state index is 0.108. The van der Waals surface area contributed by atoms with Gasteiger partial charge in [-0.15, -0.1) is 0 Å². The number of nitrogens with zero attached hydrogens (tertiary/aromatic N) is 2. The zero-order chi connectivity index (χ0) is 19.5. The summed E-state index contributed by atoms with van der Waals surface area (Å²) in [6.45, 7) is 4.11. The van der Waals surface area contributed by atoms with Crippen molar-refractivity contribution in [3.63, 3.8) is 0 Å². The van der Waals surface area contributed by atoms with Gasteiger partial charge in [0, 0.05) is 36.2 Å². The molecule has 1 aromatic heterocycles. The van der Waals surface area contributed by atoms with Gasteiger partial charge in [-0.1, -0.05) is 18.2 Å². The summed E-state index contributed by atoms with van der Waals surface area (Å²) in [7, 11) is 0. The number of hydrazone groups is 1. The summed E-state index contributed by atoms with van der Waals surface area (Å²) < 4.78 is 11.3. The van der Waals surface area contributed by atoms with Gasteiger partial charge in [0.2, 0.25) is 0 Å². The van der Waals surface area contributed by atoms with Crippen molar-refractivity contribution < 1.29 is 18.7 Å². The first-order valence-corrected chi connectivity index (χ1v) is 9.56. The maximum absolute atomic E-state index is 12.9. The third-order valence-electron chi connectivity index (χ3n) is 5.15. The Labute approximate surface area is 163 Å². The lowest BCUT2D eigenvalue weighted by Gasteiger charge is -2.26. The molecule has 1 aliphatic carbocycles. The van der Waals surface area contributed by atoms with Crippen LogP contribution in [0, 0.1) is 6.92 Å². The summed E-state index contributed by atoms with van der Waals surface area (Å²) in [5.74, 6) is 0.776. The SMILES string of the molecule is Cc1c(C(=O)N2CCOCC2)oc2c1/C(=N/NC(=O)c1ccccc1)CCC2. The highest BCUT2D eigenvalue weighted by Gasteiger charge is 2.30. The van der Waals surface area contributed by atoms with Gasteiger partial charge < -0.3 is 14.1 Å². The van der Waals surface area contributed by atoms with E-state index in [4.69, 9.17) is 9.15 Å². The van der Waals surface area contributed by atoms with Gasteiger partial charge in [-0.2, -0.15) is 5.10 Å². The van der Waals surface area contributed by atoms with Crippen LogP contribution in [-0.2, 0) is 11.2 Å². The third-order valence-corrected chi connectivity index (χ3v) is 5.15. The highest BCUT2D eigenvalue weighted by molar-refractivity contribution is 6.07. The Balaban J connectivity index is 1.58. The molecule has 146 valence electrons. The molecule has 1 aromatic carbocycles. The number of carbonyl (C=O) groups is 2. The van der Waals surface area contributed by atoms with Gasteiger partial charge in [0.25, 0.3) is 11.8 Å². The molecule has 7 heteroatoms. The molecular formula is C21H23N3O4. The largest absolute Gasteiger partial charge is 0.455 e. The summed E-state index contributed by atoms with van der Waals surface area (Å²) in [6, 6.07) is 8.96. The van der Waals surface area contributed by atoms with Crippen LogP contribution in [0.25, 0.3) is 0 Å². The molecule has 1 aliphatic heterocycles. The van der Waals surface area contributed by atoms with E-state index in [0.29, 0.717) is 37.6 Å². The van der Waals surface area contributed by atoms with E-state index in [2.05, 4.69) is 10.5 Å². The predicted molar refractivity (Wildman–Crippen MR) is 104 cm³/mol. The van der Waals surface area contributed by atoms with Crippen LogP contribution in [0.1, 0.15) is 50.6 Å². The number of hydrogen-bond donors (Lipinski definition) is 1. The smallest absolute Gasteiger partial charge is 0.290 e. The molecule has 1 fully saturated rings. The van der Waals surface area contributed by atoms with Gasteiger partial charge in [-0.25, -0.2) is 5.43 Å². The molecule has 0 unspecified atom stereocenters. The Morgan fingerprint density at radius 2 is 1.86 bits per heavy atom. The summed E-state index contributed by atoms with van der Waals surface area (Å²) in [6.07, 6.45) is 2.36. The molecule has 0 atom stereocenters. The number of hydrogen-bond acceptors (Lipinski definition) is 5. The fourth-order valence-corrected chi connectivity index (χ4v) is 3.67. The molecule has 1 saturated heterocycles. The van der Waals surface area contributed by atoms with Crippen molar-refractivity contribution in [2.45, 2.75) is 26.2 Å². The molecule has 0 spiro atoms. The van der Waals surface area contributed by atoms with Crippen LogP contribution in [0.3, 0.4) is 0 Å². The fourth-order valence-electron chi connectivity index (χ4n) is 3.67. The van der Waals surface area contributed by atoms with E-state index in [1.165, 1.54) is 0 Å². The van der Waals surface area contributed by atoms with Gasteiger partial charge in [0.15, 0.2) is 5.76 Å². The summed E-state index contributed by atoms with van der Waals surface area (Å²) >= 11 is 0. The van der Waals surface area contributed by atoms with E-state index < -0.39 is 0 Å². The average molecular weight is 381 g/mol. The molecule has 0 bridgehead atoms. The number of furan rings is 1. The van der Waals surface area contributed by atoms with E-state index >= 15 is 0 Å². The van der Waals surface area contributed by atoms with Crippen molar-refractivity contribution in [3.8, 4) is 0 Å². The van der Waals surface area contributed by atoms with E-state index in [0.717, 1.165) is 41.9 Å². The molecule has 2 aromatic rings. The Morgan fingerprint density at radius 1 is 1.11 bits per heavy atom. The second-order valence-corrected chi connectivity index (χ2v) is 6.98. The summed E-state index contributed by atoms with van der Waals surface area (Å²) in [5.41, 5.74) is 5.59. The van der Waals surface area contributed by atoms with Gasteiger partial charge in [-0.3, -0.25) is 9.59 Å². The van der Waals surface area contributed by atoms with E-state index in [9.17, 15) is 9.59 Å². The maximum Gasteiger partial charge on any atom is 0.290 e. The minimum atomic E-state index is -0.258. The van der Waals surface area contributed by atoms with Crippen molar-refractivity contribution >= 4 is 17.5 Å². The molecular weight excluding hydrogens is 358 g/mol. The first kappa shape index (κ1) is 18.4. The Morgan fingerprint density at radius 3 is 2.61 bits per heavy atom. The van der Waals surface area contributed by atoms with E-state index in [1.54, 1.807) is 17.0 Å². The zero-order valence-electron chi connectivity index (χ0n) is 15.9. The Kier molecular flexibility index (Phi) is 5.25. The number of aryl methyl sites for hydroxylation is 1.